The van der Waals surface area contributed by atoms with Gasteiger partial charge in [0.2, 0.25) is 0 Å². The molecular weight excluding hydrogens is 775 g/mol. The topological polar surface area (TPSA) is 0 Å². The molecule has 0 saturated heterocycles. The van der Waals surface area contributed by atoms with E-state index in [1.165, 1.54) is 129 Å². The van der Waals surface area contributed by atoms with Gasteiger partial charge < -0.3 is 24.8 Å². The van der Waals surface area contributed by atoms with Crippen LogP contribution in [0.3, 0.4) is 0 Å². The van der Waals surface area contributed by atoms with E-state index in [0.29, 0.717) is 11.3 Å². The maximum atomic E-state index is 3.40. The van der Waals surface area contributed by atoms with Crippen LogP contribution < -0.4 is 24.8 Å². The minimum atomic E-state index is 0. The molecule has 0 N–H and O–H groups in total. The maximum Gasteiger partial charge on any atom is -0.0200 e. The van der Waals surface area contributed by atoms with Crippen LogP contribution in [0.2, 0.25) is 0 Å². The molecule has 0 saturated carbocycles. The largest absolute Gasteiger partial charge is 1.00 e. The molecule has 3 heteroatoms. The van der Waals surface area contributed by atoms with E-state index in [1.807, 2.05) is 6.07 Å². The molecule has 0 aromatic heterocycles. The third kappa shape index (κ3) is 11.0. The molecule has 1 atom stereocenters. The Hall–Kier alpha value is -3.22. The van der Waals surface area contributed by atoms with Gasteiger partial charge in [0.25, 0.3) is 0 Å². The molecule has 1 aliphatic carbocycles. The molecule has 0 heterocycles. The van der Waals surface area contributed by atoms with Crippen molar-refractivity contribution in [1.29, 1.82) is 0 Å². The molecule has 0 aliphatic heterocycles. The Balaban J connectivity index is 0.000000281. The minimum absolute atomic E-state index is 0. The van der Waals surface area contributed by atoms with Gasteiger partial charge in [-0.1, -0.05) is 123 Å². The van der Waals surface area contributed by atoms with Crippen molar-refractivity contribution in [3.05, 3.63) is 160 Å². The smallest absolute Gasteiger partial charge is 0.0200 e. The summed E-state index contributed by atoms with van der Waals surface area (Å²) >= 11 is 1.51. The van der Waals surface area contributed by atoms with Gasteiger partial charge in [-0.2, -0.15) is 11.6 Å². The van der Waals surface area contributed by atoms with Crippen LogP contribution in [-0.4, -0.2) is 3.21 Å². The van der Waals surface area contributed by atoms with Crippen molar-refractivity contribution < 1.29 is 49.0 Å². The van der Waals surface area contributed by atoms with Gasteiger partial charge in [-0.05, 0) is 74.9 Å². The van der Waals surface area contributed by atoms with Gasteiger partial charge >= 0.3 is 70.3 Å². The summed E-state index contributed by atoms with van der Waals surface area (Å²) in [6.07, 6.45) is 10.4. The third-order valence-corrected chi connectivity index (χ3v) is 10.9. The number of hydrogen-bond donors (Lipinski definition) is 0. The quantitative estimate of drug-likeness (QED) is 0.153. The van der Waals surface area contributed by atoms with Crippen LogP contribution in [0.15, 0.2) is 115 Å². The zero-order valence-corrected chi connectivity index (χ0v) is 38.1. The van der Waals surface area contributed by atoms with Crippen molar-refractivity contribution in [1.82, 2.24) is 0 Å². The minimum Gasteiger partial charge on any atom is -1.00 e. The Morgan fingerprint density at radius 1 is 0.667 bits per heavy atom. The van der Waals surface area contributed by atoms with Crippen molar-refractivity contribution in [2.75, 3.05) is 0 Å². The average molecular weight is 831 g/mol. The second-order valence-electron chi connectivity index (χ2n) is 15.9. The van der Waals surface area contributed by atoms with Gasteiger partial charge in [-0.25, -0.2) is 6.08 Å². The summed E-state index contributed by atoms with van der Waals surface area (Å²) in [4.78, 5) is 0. The number of fused-ring (bicyclic) bond motifs is 3. The van der Waals surface area contributed by atoms with Crippen LogP contribution in [0.25, 0.3) is 43.8 Å². The number of halogens is 2. The molecule has 280 valence electrons. The number of allylic oxidation sites excluding steroid dienone is 4. The summed E-state index contributed by atoms with van der Waals surface area (Å²) in [5, 5.41) is 5.32. The fourth-order valence-electron chi connectivity index (χ4n) is 7.75. The predicted octanol–water partition coefficient (Wildman–Crippen LogP) is 8.43. The number of aryl methyl sites for hydroxylation is 6. The van der Waals surface area contributed by atoms with Crippen LogP contribution in [0.5, 0.6) is 0 Å². The van der Waals surface area contributed by atoms with Crippen molar-refractivity contribution in [3.63, 3.8) is 0 Å². The molecule has 0 bridgehead atoms. The molecule has 6 aromatic rings. The normalized spacial score (nSPS) is 13.3. The van der Waals surface area contributed by atoms with Crippen LogP contribution >= 0.6 is 0 Å². The summed E-state index contributed by atoms with van der Waals surface area (Å²) in [7, 11) is 0. The van der Waals surface area contributed by atoms with Crippen LogP contribution in [0.1, 0.15) is 86.4 Å². The van der Waals surface area contributed by atoms with Crippen molar-refractivity contribution in [3.8, 4) is 22.3 Å². The Labute approximate surface area is 353 Å². The first kappa shape index (κ1) is 45.2. The Morgan fingerprint density at radius 2 is 1.11 bits per heavy atom. The van der Waals surface area contributed by atoms with Crippen LogP contribution in [0.4, 0.5) is 0 Å². The van der Waals surface area contributed by atoms with Crippen molar-refractivity contribution >= 4 is 24.8 Å². The average Bonchev–Trinajstić information content (AvgIpc) is 3.70. The van der Waals surface area contributed by atoms with Crippen LogP contribution in [-0.2, 0) is 24.2 Å². The Bertz CT molecular complexity index is 2120. The van der Waals surface area contributed by atoms with E-state index in [4.69, 9.17) is 0 Å². The molecule has 1 unspecified atom stereocenters. The van der Waals surface area contributed by atoms with E-state index in [0.717, 1.165) is 0 Å². The van der Waals surface area contributed by atoms with Gasteiger partial charge in [0.05, 0.1) is 0 Å². The van der Waals surface area contributed by atoms with Gasteiger partial charge in [0.1, 0.15) is 0 Å². The summed E-state index contributed by atoms with van der Waals surface area (Å²) in [6, 6.07) is 35.9. The fraction of sp³-hybridized carbons (Fsp3) is 0.294. The van der Waals surface area contributed by atoms with E-state index in [-0.39, 0.29) is 24.8 Å². The monoisotopic (exact) mass is 828 g/mol. The summed E-state index contributed by atoms with van der Waals surface area (Å²) in [6.45, 7) is 24.4. The van der Waals surface area contributed by atoms with E-state index < -0.39 is 0 Å². The van der Waals surface area contributed by atoms with E-state index in [9.17, 15) is 0 Å². The zero-order chi connectivity index (χ0) is 37.7. The number of benzene rings is 5. The second-order valence-corrected chi connectivity index (χ2v) is 17.7. The van der Waals surface area contributed by atoms with E-state index in [1.54, 1.807) is 0 Å². The molecular formula is C51H56Cl2Zr-2. The van der Waals surface area contributed by atoms with Gasteiger partial charge in [-0.3, -0.25) is 6.08 Å². The summed E-state index contributed by atoms with van der Waals surface area (Å²) < 4.78 is 1.46. The fourth-order valence-corrected chi connectivity index (χ4v) is 8.16. The first-order valence-corrected chi connectivity index (χ1v) is 20.1. The summed E-state index contributed by atoms with van der Waals surface area (Å²) in [5.74, 6) is 0.587. The van der Waals surface area contributed by atoms with Gasteiger partial charge in [0, 0.05) is 0 Å². The predicted molar refractivity (Wildman–Crippen MR) is 226 cm³/mol. The zero-order valence-electron chi connectivity index (χ0n) is 34.1. The first-order valence-electron chi connectivity index (χ1n) is 18.9. The molecule has 6 aromatic carbocycles. The molecule has 0 radical (unpaired) electrons. The van der Waals surface area contributed by atoms with Gasteiger partial charge in [0.15, 0.2) is 0 Å². The maximum absolute atomic E-state index is 3.40. The molecule has 1 aliphatic rings. The molecule has 54 heavy (non-hydrogen) atoms. The standard InChI is InChI=1S/C31H29.C12H19.C8H8.2ClH.Zr/c1-18-11-20(3)30(21(4)12-18)24-7-9-28-26(15-24)17-27-16-25(8-10-29(27)28)31-22(5)13-19(2)14-23(31)6;1-5-6-10-7-8-11(9-10)12(2,3)4;1-2-8-6-4-3-5-7-8;;;/h7-17H,1-6H3;8-10H,5-6H2,1-4H3;3-7H,1H3;2*1H;/q2*-1;;;;+2/p-2. The third-order valence-electron chi connectivity index (χ3n) is 10.1. The summed E-state index contributed by atoms with van der Waals surface area (Å²) in [5.41, 5.74) is 16.5. The Kier molecular flexibility index (Phi) is 16.4. The van der Waals surface area contributed by atoms with Crippen LogP contribution in [0, 0.1) is 59.0 Å². The number of rotatable bonds is 5. The molecule has 0 nitrogen and oxygen atoms in total. The molecule has 7 rings (SSSR count). The second kappa shape index (κ2) is 19.6. The Morgan fingerprint density at radius 3 is 1.46 bits per heavy atom. The molecule has 0 fully saturated rings. The number of hydrogen-bond acceptors (Lipinski definition) is 0. The van der Waals surface area contributed by atoms with Crippen molar-refractivity contribution in [2.45, 2.75) is 89.0 Å². The molecule has 0 spiro atoms. The van der Waals surface area contributed by atoms with E-state index >= 15 is 0 Å². The first-order chi connectivity index (χ1) is 24.7. The van der Waals surface area contributed by atoms with Crippen molar-refractivity contribution in [2.24, 2.45) is 11.3 Å². The SMILES string of the molecule is CCCC1[C-]=CC(C(C)(C)C)=C1.C[C](=[Zr+2])c1ccccc1.Cc1cc(C)c(-c2ccc3c(c2)[cH-]c2cc(-c4c(C)cc(C)cc4C)ccc23)c(C)c1.[Cl-].[Cl-]. The molecule has 0 amide bonds. The van der Waals surface area contributed by atoms with E-state index in [2.05, 4.69) is 185 Å². The van der Waals surface area contributed by atoms with Gasteiger partial charge in [-0.15, -0.1) is 39.7 Å².